The van der Waals surface area contributed by atoms with E-state index < -0.39 is 9.85 Å². The average molecular weight is 1140 g/mol. The first-order chi connectivity index (χ1) is 40.4. The van der Waals surface area contributed by atoms with Gasteiger partial charge in [-0.15, -0.1) is 0 Å². The van der Waals surface area contributed by atoms with Gasteiger partial charge in [0.05, 0.1) is 110 Å². The average Bonchev–Trinajstić information content (AvgIpc) is 4.42. The lowest BCUT2D eigenvalue weighted by Crippen LogP contribution is -2.27. The molecule has 9 aromatic heterocycles. The highest BCUT2D eigenvalue weighted by molar-refractivity contribution is 6.31. The molecule has 0 amide bonds. The fourth-order valence-corrected chi connectivity index (χ4v) is 10.4. The highest BCUT2D eigenvalue weighted by Crippen LogP contribution is 2.34. The van der Waals surface area contributed by atoms with Crippen LogP contribution in [0.15, 0.2) is 93.0 Å². The first-order valence-corrected chi connectivity index (χ1v) is 27.3. The summed E-state index contributed by atoms with van der Waals surface area (Å²) in [4.78, 5) is 58.7. The van der Waals surface area contributed by atoms with E-state index in [1.807, 2.05) is 0 Å². The summed E-state index contributed by atoms with van der Waals surface area (Å²) < 4.78 is 4.99. The number of aromatic nitrogens is 15. The predicted molar refractivity (Wildman–Crippen MR) is 304 cm³/mol. The molecule has 424 valence electrons. The van der Waals surface area contributed by atoms with Crippen LogP contribution in [0.25, 0.3) is 50.7 Å². The van der Waals surface area contributed by atoms with Crippen molar-refractivity contribution < 1.29 is 9.85 Å². The Morgan fingerprint density at radius 1 is 0.530 bits per heavy atom. The van der Waals surface area contributed by atoms with Gasteiger partial charge in [-0.05, 0) is 94.8 Å². The number of fused-ring (bicyclic) bond motifs is 3. The van der Waals surface area contributed by atoms with Crippen LogP contribution in [0.3, 0.4) is 0 Å². The van der Waals surface area contributed by atoms with E-state index in [1.54, 1.807) is 94.1 Å². The maximum atomic E-state index is 11.4. The van der Waals surface area contributed by atoms with Gasteiger partial charge in [0.1, 0.15) is 12.4 Å². The number of nitrogens with zero attached hydrogens (tertiary/aromatic N) is 20. The molecule has 0 bridgehead atoms. The Balaban J connectivity index is 0.000000140. The van der Waals surface area contributed by atoms with Crippen molar-refractivity contribution in [3.8, 4) is 52.4 Å². The Kier molecular flexibility index (Phi) is 19.1. The molecule has 9 heterocycles. The van der Waals surface area contributed by atoms with Crippen LogP contribution in [0.4, 0.5) is 28.7 Å². The van der Waals surface area contributed by atoms with E-state index in [0.717, 1.165) is 106 Å². The number of anilines is 3. The molecule has 0 radical (unpaired) electrons. The first kappa shape index (κ1) is 57.7. The SMILES string of the molecule is N#CCC1CCC(N)CC1.N#CCC1CCC(Nc2nc(-c3cnn4ccncc34)ncc2N)CC1.N#CCC1CCC(Nc2nc(-c3cnn4ccncc34)ncc2[N+](=O)[O-])CC1.O=[N+]([O-])c1cnc(-c2cnn3ccncc23)nc1Cl. The molecule has 12 rings (SSSR count). The lowest BCUT2D eigenvalue weighted by molar-refractivity contribution is -0.385. The lowest BCUT2D eigenvalue weighted by atomic mass is 9.84. The molecular formula is C54H57ClN24O4. The Morgan fingerprint density at radius 3 is 1.31 bits per heavy atom. The van der Waals surface area contributed by atoms with Crippen molar-refractivity contribution in [2.45, 2.75) is 114 Å². The molecule has 3 aliphatic carbocycles. The summed E-state index contributed by atoms with van der Waals surface area (Å²) in [6, 6.07) is 7.52. The van der Waals surface area contributed by atoms with Gasteiger partial charge in [0.15, 0.2) is 23.3 Å². The summed E-state index contributed by atoms with van der Waals surface area (Å²) in [7, 11) is 0. The molecule has 0 spiro atoms. The van der Waals surface area contributed by atoms with Gasteiger partial charge >= 0.3 is 11.4 Å². The summed E-state index contributed by atoms with van der Waals surface area (Å²) in [6.07, 6.45) is 38.1. The van der Waals surface area contributed by atoms with Crippen molar-refractivity contribution in [3.05, 3.63) is 118 Å². The van der Waals surface area contributed by atoms with Gasteiger partial charge in [0.2, 0.25) is 11.0 Å². The highest BCUT2D eigenvalue weighted by atomic mass is 35.5. The van der Waals surface area contributed by atoms with Crippen LogP contribution in [0, 0.1) is 72.0 Å². The zero-order valence-electron chi connectivity index (χ0n) is 44.8. The van der Waals surface area contributed by atoms with Crippen molar-refractivity contribution in [1.82, 2.24) is 73.7 Å². The standard InChI is InChI=1S/C18H18N8O2.C18H20N8.C10H5ClN6O2.C8H14N2/c19-6-5-12-1-3-13(4-2-12)23-18-16(26(27)28)11-21-17(24-18)14-9-22-25-8-7-20-10-15(14)25;19-6-5-12-1-3-13(4-2-12)24-18-15(20)10-22-17(25-18)14-9-23-26-8-7-21-11-16(14)26;11-9-8(17(18)19)5-13-10(15-9)6-3-14-16-2-1-12-4-7(6)16;9-6-5-7-1-3-8(10)4-2-7/h7-13H,1-5H2,(H,21,23,24);7-13H,1-5,20H2,(H,22,24,25);1-5H;7-8H,1-5,10H2. The van der Waals surface area contributed by atoms with Gasteiger partial charge < -0.3 is 22.1 Å². The molecule has 3 aliphatic rings. The molecule has 28 nitrogen and oxygen atoms in total. The number of hydrogen-bond donors (Lipinski definition) is 4. The van der Waals surface area contributed by atoms with Gasteiger partial charge in [-0.3, -0.25) is 35.2 Å². The monoisotopic (exact) mass is 1140 g/mol. The second-order valence-electron chi connectivity index (χ2n) is 20.3. The third kappa shape index (κ3) is 14.5. The molecule has 0 unspecified atom stereocenters. The molecule has 83 heavy (non-hydrogen) atoms. The number of nitro groups is 2. The summed E-state index contributed by atoms with van der Waals surface area (Å²) >= 11 is 5.76. The molecule has 0 saturated heterocycles. The fraction of sp³-hybridized carbons (Fsp3) is 0.389. The molecule has 3 fully saturated rings. The Hall–Kier alpha value is -9.98. The molecule has 0 atom stereocenters. The van der Waals surface area contributed by atoms with E-state index >= 15 is 0 Å². The van der Waals surface area contributed by atoms with E-state index in [2.05, 4.69) is 89.0 Å². The third-order valence-corrected chi connectivity index (χ3v) is 15.1. The van der Waals surface area contributed by atoms with Gasteiger partial charge in [-0.25, -0.2) is 43.5 Å². The van der Waals surface area contributed by atoms with E-state index in [4.69, 9.17) is 38.9 Å². The Bertz CT molecular complexity index is 3830. The minimum atomic E-state index is -0.635. The van der Waals surface area contributed by atoms with Crippen molar-refractivity contribution in [2.75, 3.05) is 16.4 Å². The molecular weight excluding hydrogens is 1080 g/mol. The van der Waals surface area contributed by atoms with Crippen LogP contribution >= 0.6 is 11.6 Å². The maximum Gasteiger partial charge on any atom is 0.329 e. The quantitative estimate of drug-likeness (QED) is 0.0504. The van der Waals surface area contributed by atoms with Crippen LogP contribution in [0.5, 0.6) is 0 Å². The maximum absolute atomic E-state index is 11.4. The largest absolute Gasteiger partial charge is 0.394 e. The molecule has 3 saturated carbocycles. The number of nitriles is 3. The van der Waals surface area contributed by atoms with E-state index in [-0.39, 0.29) is 34.2 Å². The van der Waals surface area contributed by atoms with Crippen molar-refractivity contribution in [1.29, 1.82) is 15.8 Å². The fourth-order valence-electron chi connectivity index (χ4n) is 10.2. The van der Waals surface area contributed by atoms with Crippen LogP contribution < -0.4 is 22.1 Å². The Labute approximate surface area is 479 Å². The number of nitrogens with two attached hydrogens (primary N) is 2. The van der Waals surface area contributed by atoms with E-state index in [1.165, 1.54) is 6.20 Å². The van der Waals surface area contributed by atoms with Crippen LogP contribution in [-0.4, -0.2) is 102 Å². The number of hydrogen-bond acceptors (Lipinski definition) is 23. The summed E-state index contributed by atoms with van der Waals surface area (Å²) in [6.45, 7) is 0. The van der Waals surface area contributed by atoms with E-state index in [9.17, 15) is 20.2 Å². The zero-order chi connectivity index (χ0) is 58.2. The summed E-state index contributed by atoms with van der Waals surface area (Å²) in [5, 5.41) is 67.3. The lowest BCUT2D eigenvalue weighted by Gasteiger charge is -2.28. The molecule has 6 N–H and O–H groups in total. The van der Waals surface area contributed by atoms with Crippen molar-refractivity contribution >= 4 is 56.8 Å². The summed E-state index contributed by atoms with van der Waals surface area (Å²) in [5.41, 5.74) is 16.2. The number of halogens is 1. The van der Waals surface area contributed by atoms with Gasteiger partial charge in [0, 0.05) is 74.6 Å². The summed E-state index contributed by atoms with van der Waals surface area (Å²) in [5.74, 6) is 3.62. The normalized spacial score (nSPS) is 19.2. The minimum absolute atomic E-state index is 0.0852. The molecule has 29 heteroatoms. The van der Waals surface area contributed by atoms with Crippen molar-refractivity contribution in [3.63, 3.8) is 0 Å². The third-order valence-electron chi connectivity index (χ3n) is 14.8. The van der Waals surface area contributed by atoms with Gasteiger partial charge in [-0.1, -0.05) is 11.6 Å². The van der Waals surface area contributed by atoms with Gasteiger partial charge in [0.25, 0.3) is 0 Å². The number of nitrogen functional groups attached to an aromatic ring is 1. The smallest absolute Gasteiger partial charge is 0.329 e. The molecule has 0 aromatic carbocycles. The second kappa shape index (κ2) is 27.5. The van der Waals surface area contributed by atoms with Crippen LogP contribution in [0.2, 0.25) is 5.15 Å². The second-order valence-corrected chi connectivity index (χ2v) is 20.7. The van der Waals surface area contributed by atoms with Crippen molar-refractivity contribution in [2.24, 2.45) is 23.5 Å². The van der Waals surface area contributed by atoms with Crippen LogP contribution in [-0.2, 0) is 0 Å². The van der Waals surface area contributed by atoms with E-state index in [0.29, 0.717) is 82.5 Å². The van der Waals surface area contributed by atoms with Gasteiger partial charge in [-0.2, -0.15) is 31.1 Å². The topological polar surface area (TPSA) is 402 Å². The Morgan fingerprint density at radius 2 is 0.904 bits per heavy atom. The minimum Gasteiger partial charge on any atom is -0.394 e. The molecule has 0 aliphatic heterocycles. The molecule has 9 aromatic rings. The first-order valence-electron chi connectivity index (χ1n) is 26.9. The highest BCUT2D eigenvalue weighted by Gasteiger charge is 2.27. The number of nitrogens with one attached hydrogen (secondary N) is 2. The zero-order valence-corrected chi connectivity index (χ0v) is 45.6. The number of rotatable bonds is 12. The van der Waals surface area contributed by atoms with Crippen LogP contribution in [0.1, 0.15) is 96.3 Å². The predicted octanol–water partition coefficient (Wildman–Crippen LogP) is 8.80.